The summed E-state index contributed by atoms with van der Waals surface area (Å²) in [6, 6.07) is 1.58. The molecule has 0 aromatic carbocycles. The third kappa shape index (κ3) is 107. The van der Waals surface area contributed by atoms with E-state index in [4.69, 9.17) is 0 Å². The molecular weight excluding hydrogens is 829 g/mol. The van der Waals surface area contributed by atoms with E-state index in [2.05, 4.69) is 177 Å². The molecule has 0 spiro atoms. The van der Waals surface area contributed by atoms with Gasteiger partial charge in [-0.1, -0.05) is 248 Å². The van der Waals surface area contributed by atoms with Gasteiger partial charge in [0, 0.05) is 18.6 Å². The van der Waals surface area contributed by atoms with Crippen LogP contribution in [0.2, 0.25) is 0 Å². The van der Waals surface area contributed by atoms with Crippen LogP contribution in [0.3, 0.4) is 0 Å². The molecule has 2 unspecified atom stereocenters. The van der Waals surface area contributed by atoms with Gasteiger partial charge in [0.15, 0.2) is 0 Å². The van der Waals surface area contributed by atoms with Crippen molar-refractivity contribution in [2.45, 2.75) is 305 Å². The number of piperidine rings is 1. The zero-order valence-electron chi connectivity index (χ0n) is 54.9. The van der Waals surface area contributed by atoms with Crippen molar-refractivity contribution in [3.63, 3.8) is 0 Å². The molecule has 0 saturated carbocycles. The minimum Gasteiger partial charge on any atom is -0.317 e. The molecule has 6 fully saturated rings. The molecule has 6 saturated heterocycles. The summed E-state index contributed by atoms with van der Waals surface area (Å²) in [6.07, 6.45) is 14.0. The van der Waals surface area contributed by atoms with E-state index < -0.39 is 0 Å². The summed E-state index contributed by atoms with van der Waals surface area (Å²) in [5.74, 6) is 0.919. The highest BCUT2D eigenvalue weighted by atomic mass is 15.1. The van der Waals surface area contributed by atoms with Gasteiger partial charge in [-0.05, 0) is 142 Å². The van der Waals surface area contributed by atoms with Crippen molar-refractivity contribution in [1.82, 2.24) is 31.9 Å². The average Bonchev–Trinajstić information content (AvgIpc) is 3.98. The zero-order chi connectivity index (χ0) is 56.1. The summed E-state index contributed by atoms with van der Waals surface area (Å²) >= 11 is 0. The Morgan fingerprint density at radius 1 is 0.250 bits per heavy atom. The fourth-order valence-corrected chi connectivity index (χ4v) is 5.01. The highest BCUT2D eigenvalue weighted by Gasteiger charge is 2.33. The van der Waals surface area contributed by atoms with E-state index in [0.717, 1.165) is 18.0 Å². The summed E-state index contributed by atoms with van der Waals surface area (Å²) < 4.78 is 0. The molecule has 6 nitrogen and oxygen atoms in total. The molecule has 426 valence electrons. The average molecular weight is 978 g/mol. The first-order chi connectivity index (χ1) is 31.3. The summed E-state index contributed by atoms with van der Waals surface area (Å²) in [4.78, 5) is 0. The minimum atomic E-state index is 0.484. The van der Waals surface area contributed by atoms with E-state index >= 15 is 0 Å². The van der Waals surface area contributed by atoms with Gasteiger partial charge in [0.25, 0.3) is 0 Å². The second-order valence-electron chi connectivity index (χ2n) is 25.1. The van der Waals surface area contributed by atoms with E-state index in [1.165, 1.54) is 130 Å². The third-order valence-electron chi connectivity index (χ3n) is 8.95. The molecule has 6 N–H and O–H groups in total. The van der Waals surface area contributed by atoms with Crippen molar-refractivity contribution in [3.8, 4) is 0 Å². The van der Waals surface area contributed by atoms with Crippen LogP contribution in [0.1, 0.15) is 293 Å². The summed E-state index contributed by atoms with van der Waals surface area (Å²) in [7, 11) is 0. The van der Waals surface area contributed by atoms with Crippen molar-refractivity contribution in [2.75, 3.05) is 65.4 Å². The van der Waals surface area contributed by atoms with E-state index in [1.54, 1.807) is 0 Å². The number of hydrogen-bond donors (Lipinski definition) is 6. The Labute approximate surface area is 438 Å². The number of hydrogen-bond acceptors (Lipinski definition) is 6. The van der Waals surface area contributed by atoms with Gasteiger partial charge in [-0.15, -0.1) is 0 Å². The second-order valence-corrected chi connectivity index (χ2v) is 25.1. The third-order valence-corrected chi connectivity index (χ3v) is 8.95. The molecular formula is C62H148N6. The molecule has 0 aromatic heterocycles. The lowest BCUT2D eigenvalue weighted by Crippen LogP contribution is -2.50. The molecule has 6 aliphatic heterocycles. The van der Waals surface area contributed by atoms with Gasteiger partial charge in [0.2, 0.25) is 0 Å². The van der Waals surface area contributed by atoms with Crippen molar-refractivity contribution < 1.29 is 0 Å². The van der Waals surface area contributed by atoms with Gasteiger partial charge in [-0.2, -0.15) is 0 Å². The summed E-state index contributed by atoms with van der Waals surface area (Å²) in [5, 5.41) is 19.8. The van der Waals surface area contributed by atoms with Crippen molar-refractivity contribution in [2.24, 2.45) is 38.4 Å². The first-order valence-electron chi connectivity index (χ1n) is 29.6. The number of nitrogens with one attached hydrogen (secondary N) is 6. The monoisotopic (exact) mass is 977 g/mol. The van der Waals surface area contributed by atoms with Crippen LogP contribution in [0.15, 0.2) is 0 Å². The smallest absolute Gasteiger partial charge is 0.0241 e. The molecule has 0 amide bonds. The quantitative estimate of drug-likeness (QED) is 0.136. The predicted molar refractivity (Wildman–Crippen MR) is 327 cm³/mol. The fraction of sp³-hybridized carbons (Fsp3) is 1.00. The van der Waals surface area contributed by atoms with Crippen LogP contribution >= 0.6 is 0 Å². The van der Waals surface area contributed by atoms with Crippen LogP contribution < -0.4 is 31.9 Å². The van der Waals surface area contributed by atoms with Crippen molar-refractivity contribution >= 4 is 0 Å². The molecule has 2 atom stereocenters. The van der Waals surface area contributed by atoms with Crippen molar-refractivity contribution in [1.29, 1.82) is 0 Å². The zero-order valence-corrected chi connectivity index (χ0v) is 54.9. The predicted octanol–water partition coefficient (Wildman–Crippen LogP) is 18.2. The van der Waals surface area contributed by atoms with Crippen molar-refractivity contribution in [3.05, 3.63) is 0 Å². The minimum absolute atomic E-state index is 0.484. The Balaban J connectivity index is -0.0000000804. The molecule has 0 aliphatic carbocycles. The van der Waals surface area contributed by atoms with E-state index in [9.17, 15) is 0 Å². The standard InChI is InChI=1S/2C7H15N.2C6H13N.C5H11N.3C5H12.C4H9N.6C2H6/c1-7(2,3)6-4-8-5-6;1-7(2,3)6-4-5-8-6;1-6(2,3)5-4-7-5;1-2-4-6-7-5-3-1;1-2-4-6-5-3-1;3*1-5(2,3)4;1-2-4-5-3-1;6*1-2/h2*6,8H,4-5H2,1-3H3;5,7H,4H2,1-3H3;7H,1-6H2;6H,1-5H2;3*1-4H3;5H,1-4H2;6*1-2H3. The van der Waals surface area contributed by atoms with Gasteiger partial charge in [0.1, 0.15) is 0 Å². The maximum atomic E-state index is 3.39. The van der Waals surface area contributed by atoms with Gasteiger partial charge in [-0.3, -0.25) is 0 Å². The van der Waals surface area contributed by atoms with Gasteiger partial charge < -0.3 is 31.9 Å². The normalized spacial score (nSPS) is 18.8. The lowest BCUT2D eigenvalue weighted by Gasteiger charge is -2.38. The Kier molecular flexibility index (Phi) is 74.2. The fourth-order valence-electron chi connectivity index (χ4n) is 5.01. The highest BCUT2D eigenvalue weighted by molar-refractivity contribution is 4.93. The molecule has 6 aliphatic rings. The Morgan fingerprint density at radius 3 is 0.529 bits per heavy atom. The lowest BCUT2D eigenvalue weighted by molar-refractivity contribution is 0.165. The van der Waals surface area contributed by atoms with Crippen LogP contribution in [-0.2, 0) is 0 Å². The van der Waals surface area contributed by atoms with Gasteiger partial charge >= 0.3 is 0 Å². The topological polar surface area (TPSA) is 82.1 Å². The van der Waals surface area contributed by atoms with Crippen LogP contribution in [0.4, 0.5) is 0 Å². The summed E-state index contributed by atoms with van der Waals surface area (Å²) in [6.45, 7) is 83.2. The number of rotatable bonds is 0. The molecule has 0 bridgehead atoms. The van der Waals surface area contributed by atoms with Gasteiger partial charge in [-0.25, -0.2) is 0 Å². The molecule has 6 rings (SSSR count). The van der Waals surface area contributed by atoms with E-state index in [-0.39, 0.29) is 0 Å². The largest absolute Gasteiger partial charge is 0.317 e. The highest BCUT2D eigenvalue weighted by Crippen LogP contribution is 2.28. The second kappa shape index (κ2) is 57.7. The maximum absolute atomic E-state index is 3.39. The Morgan fingerprint density at radius 2 is 0.456 bits per heavy atom. The summed E-state index contributed by atoms with van der Waals surface area (Å²) in [5.41, 5.74) is 3.02. The van der Waals surface area contributed by atoms with Crippen LogP contribution in [-0.4, -0.2) is 77.5 Å². The molecule has 0 aromatic rings. The van der Waals surface area contributed by atoms with Gasteiger partial charge in [0.05, 0.1) is 0 Å². The van der Waals surface area contributed by atoms with Crippen LogP contribution in [0.5, 0.6) is 0 Å². The Bertz CT molecular complexity index is 716. The van der Waals surface area contributed by atoms with E-state index in [0.29, 0.717) is 32.5 Å². The first-order valence-corrected chi connectivity index (χ1v) is 29.6. The van der Waals surface area contributed by atoms with E-state index in [1.807, 2.05) is 83.1 Å². The Hall–Kier alpha value is -0.240. The van der Waals surface area contributed by atoms with Crippen LogP contribution in [0.25, 0.3) is 0 Å². The molecule has 0 radical (unpaired) electrons. The maximum Gasteiger partial charge on any atom is 0.0241 e. The SMILES string of the molecule is C1CCCNCC1.C1CCNC1.C1CCNCC1.CC.CC.CC.CC.CC.CC.CC(C)(C)C.CC(C)(C)C.CC(C)(C)C.CC(C)(C)C1CCN1.CC(C)(C)C1CN1.CC(C)(C)C1CNC1. The lowest BCUT2D eigenvalue weighted by atomic mass is 9.77. The molecule has 68 heavy (non-hydrogen) atoms. The molecule has 6 heterocycles. The first kappa shape index (κ1) is 87.5. The van der Waals surface area contributed by atoms with Crippen LogP contribution in [0, 0.1) is 38.4 Å². The molecule has 6 heteroatoms.